The van der Waals surface area contributed by atoms with Crippen molar-refractivity contribution in [1.82, 2.24) is 0 Å². The van der Waals surface area contributed by atoms with Gasteiger partial charge < -0.3 is 0 Å². The van der Waals surface area contributed by atoms with Crippen molar-refractivity contribution in [1.29, 1.82) is 0 Å². The predicted molar refractivity (Wildman–Crippen MR) is 70.5 cm³/mol. The molecule has 15 heavy (non-hydrogen) atoms. The molecule has 0 spiro atoms. The molecule has 0 fully saturated rings. The van der Waals surface area contributed by atoms with E-state index in [1.165, 1.54) is 6.42 Å². The Labute approximate surface area is 93.6 Å². The molecule has 0 aliphatic carbocycles. The molecule has 82 valence electrons. The standard InChI is InChI=1S/C14H21N/c1-5-7-11-15-12-14(4)10-8-9-13(3)6-2/h6,8-10,12H,2-3,5,7,11H2,1,4H3/b9-8+,14-10+,15-12+. The van der Waals surface area contributed by atoms with Crippen LogP contribution in [0.2, 0.25) is 0 Å². The summed E-state index contributed by atoms with van der Waals surface area (Å²) in [6, 6.07) is 0. The van der Waals surface area contributed by atoms with E-state index in [1.54, 1.807) is 6.08 Å². The fraction of sp³-hybridized carbons (Fsp3) is 0.357. The monoisotopic (exact) mass is 203 g/mol. The Morgan fingerprint density at radius 2 is 2.13 bits per heavy atom. The van der Waals surface area contributed by atoms with Crippen LogP contribution in [0.25, 0.3) is 0 Å². The van der Waals surface area contributed by atoms with E-state index in [1.807, 2.05) is 31.4 Å². The summed E-state index contributed by atoms with van der Waals surface area (Å²) in [5, 5.41) is 0. The number of hydrogen-bond donors (Lipinski definition) is 0. The third-order valence-corrected chi connectivity index (χ3v) is 1.87. The highest BCUT2D eigenvalue weighted by Crippen LogP contribution is 1.96. The van der Waals surface area contributed by atoms with E-state index in [-0.39, 0.29) is 0 Å². The Morgan fingerprint density at radius 3 is 2.73 bits per heavy atom. The van der Waals surface area contributed by atoms with Crippen LogP contribution in [0.4, 0.5) is 0 Å². The zero-order chi connectivity index (χ0) is 11.5. The molecule has 0 N–H and O–H groups in total. The van der Waals surface area contributed by atoms with E-state index < -0.39 is 0 Å². The summed E-state index contributed by atoms with van der Waals surface area (Å²) in [7, 11) is 0. The third kappa shape index (κ3) is 8.95. The Morgan fingerprint density at radius 1 is 1.40 bits per heavy atom. The van der Waals surface area contributed by atoms with Crippen LogP contribution >= 0.6 is 0 Å². The van der Waals surface area contributed by atoms with Crippen LogP contribution in [0.5, 0.6) is 0 Å². The van der Waals surface area contributed by atoms with Gasteiger partial charge >= 0.3 is 0 Å². The topological polar surface area (TPSA) is 12.4 Å². The second kappa shape index (κ2) is 9.20. The molecule has 0 amide bonds. The maximum absolute atomic E-state index is 4.31. The first-order valence-corrected chi connectivity index (χ1v) is 5.36. The molecule has 0 atom stereocenters. The van der Waals surface area contributed by atoms with Gasteiger partial charge in [0.15, 0.2) is 0 Å². The first-order valence-electron chi connectivity index (χ1n) is 5.36. The predicted octanol–water partition coefficient (Wildman–Crippen LogP) is 4.10. The smallest absolute Gasteiger partial charge is 0.0389 e. The van der Waals surface area contributed by atoms with Crippen molar-refractivity contribution in [3.05, 3.63) is 48.6 Å². The highest BCUT2D eigenvalue weighted by Gasteiger charge is 1.81. The second-order valence-electron chi connectivity index (χ2n) is 3.44. The fourth-order valence-corrected chi connectivity index (χ4v) is 0.893. The molecule has 0 rings (SSSR count). The van der Waals surface area contributed by atoms with Crippen LogP contribution in [0.15, 0.2) is 53.6 Å². The molecule has 0 bridgehead atoms. The molecule has 1 nitrogen and oxygen atoms in total. The minimum absolute atomic E-state index is 0.918. The van der Waals surface area contributed by atoms with Crippen molar-refractivity contribution in [2.24, 2.45) is 4.99 Å². The van der Waals surface area contributed by atoms with Gasteiger partial charge in [-0.1, -0.05) is 50.8 Å². The van der Waals surface area contributed by atoms with E-state index in [2.05, 4.69) is 25.1 Å². The van der Waals surface area contributed by atoms with Crippen molar-refractivity contribution in [2.45, 2.75) is 26.7 Å². The molecule has 0 radical (unpaired) electrons. The van der Waals surface area contributed by atoms with Crippen molar-refractivity contribution in [3.8, 4) is 0 Å². The lowest BCUT2D eigenvalue weighted by molar-refractivity contribution is 0.810. The number of allylic oxidation sites excluding steroid dienone is 6. The maximum Gasteiger partial charge on any atom is 0.0389 e. The lowest BCUT2D eigenvalue weighted by atomic mass is 10.2. The highest BCUT2D eigenvalue weighted by molar-refractivity contribution is 5.78. The van der Waals surface area contributed by atoms with Crippen molar-refractivity contribution in [2.75, 3.05) is 6.54 Å². The van der Waals surface area contributed by atoms with E-state index in [0.717, 1.165) is 24.1 Å². The van der Waals surface area contributed by atoms with Gasteiger partial charge in [-0.05, 0) is 24.5 Å². The molecule has 0 aliphatic heterocycles. The Balaban J connectivity index is 3.98. The van der Waals surface area contributed by atoms with Crippen molar-refractivity contribution < 1.29 is 0 Å². The lowest BCUT2D eigenvalue weighted by Gasteiger charge is -1.91. The summed E-state index contributed by atoms with van der Waals surface area (Å²) in [5.41, 5.74) is 2.07. The SMILES string of the molecule is C=CC(=C)/C=C/C=C(C)/C=N/CCCC. The van der Waals surface area contributed by atoms with Crippen LogP contribution in [0, 0.1) is 0 Å². The van der Waals surface area contributed by atoms with Crippen LogP contribution in [-0.4, -0.2) is 12.8 Å². The maximum atomic E-state index is 4.31. The van der Waals surface area contributed by atoms with E-state index >= 15 is 0 Å². The first-order chi connectivity index (χ1) is 7.20. The van der Waals surface area contributed by atoms with Crippen LogP contribution in [0.3, 0.4) is 0 Å². The van der Waals surface area contributed by atoms with Crippen LogP contribution < -0.4 is 0 Å². The molecule has 0 aromatic heterocycles. The number of hydrogen-bond acceptors (Lipinski definition) is 1. The lowest BCUT2D eigenvalue weighted by Crippen LogP contribution is -1.82. The molecule has 0 saturated carbocycles. The molecular weight excluding hydrogens is 182 g/mol. The number of unbranched alkanes of at least 4 members (excludes halogenated alkanes) is 1. The van der Waals surface area contributed by atoms with Gasteiger partial charge in [-0.2, -0.15) is 0 Å². The quantitative estimate of drug-likeness (QED) is 0.335. The van der Waals surface area contributed by atoms with Gasteiger partial charge in [0, 0.05) is 12.8 Å². The third-order valence-electron chi connectivity index (χ3n) is 1.87. The van der Waals surface area contributed by atoms with Gasteiger partial charge in [-0.25, -0.2) is 0 Å². The summed E-state index contributed by atoms with van der Waals surface area (Å²) in [5.74, 6) is 0. The summed E-state index contributed by atoms with van der Waals surface area (Å²) >= 11 is 0. The molecule has 1 heteroatoms. The largest absolute Gasteiger partial charge is 0.293 e. The van der Waals surface area contributed by atoms with Gasteiger partial charge in [-0.3, -0.25) is 4.99 Å². The Hall–Kier alpha value is -1.37. The molecule has 0 saturated heterocycles. The molecular formula is C14H21N. The minimum Gasteiger partial charge on any atom is -0.293 e. The van der Waals surface area contributed by atoms with E-state index in [0.29, 0.717) is 0 Å². The molecule has 0 aromatic rings. The Kier molecular flexibility index (Phi) is 8.36. The summed E-state index contributed by atoms with van der Waals surface area (Å²) in [6.45, 7) is 12.5. The molecule has 0 aromatic carbocycles. The van der Waals surface area contributed by atoms with Crippen molar-refractivity contribution in [3.63, 3.8) is 0 Å². The normalized spacial score (nSPS) is 12.5. The van der Waals surface area contributed by atoms with Crippen LogP contribution in [-0.2, 0) is 0 Å². The summed E-state index contributed by atoms with van der Waals surface area (Å²) in [6.07, 6.45) is 11.9. The second-order valence-corrected chi connectivity index (χ2v) is 3.44. The van der Waals surface area contributed by atoms with Gasteiger partial charge in [0.05, 0.1) is 0 Å². The first kappa shape index (κ1) is 13.6. The van der Waals surface area contributed by atoms with E-state index in [9.17, 15) is 0 Å². The highest BCUT2D eigenvalue weighted by atomic mass is 14.7. The Bertz CT molecular complexity index is 280. The van der Waals surface area contributed by atoms with E-state index in [4.69, 9.17) is 0 Å². The summed E-state index contributed by atoms with van der Waals surface area (Å²) in [4.78, 5) is 4.31. The molecule has 0 heterocycles. The van der Waals surface area contributed by atoms with Gasteiger partial charge in [0.1, 0.15) is 0 Å². The average Bonchev–Trinajstić information content (AvgIpc) is 2.24. The average molecular weight is 203 g/mol. The number of aliphatic imine (C=N–C) groups is 1. The minimum atomic E-state index is 0.918. The molecule has 0 unspecified atom stereocenters. The summed E-state index contributed by atoms with van der Waals surface area (Å²) < 4.78 is 0. The van der Waals surface area contributed by atoms with Crippen LogP contribution in [0.1, 0.15) is 26.7 Å². The molecule has 0 aliphatic rings. The zero-order valence-corrected chi connectivity index (χ0v) is 9.87. The van der Waals surface area contributed by atoms with Crippen molar-refractivity contribution >= 4 is 6.21 Å². The fourth-order valence-electron chi connectivity index (χ4n) is 0.893. The van der Waals surface area contributed by atoms with Gasteiger partial charge in [0.25, 0.3) is 0 Å². The number of rotatable bonds is 7. The van der Waals surface area contributed by atoms with Gasteiger partial charge in [-0.15, -0.1) is 0 Å². The van der Waals surface area contributed by atoms with Gasteiger partial charge in [0.2, 0.25) is 0 Å². The number of nitrogens with zero attached hydrogens (tertiary/aromatic N) is 1. The zero-order valence-electron chi connectivity index (χ0n) is 9.87.